The molecule has 18 heavy (non-hydrogen) atoms. The van der Waals surface area contributed by atoms with Crippen LogP contribution in [0, 0.1) is 12.8 Å². The minimum Gasteiger partial charge on any atom is -0.396 e. The van der Waals surface area contributed by atoms with Gasteiger partial charge in [0.05, 0.1) is 10.7 Å². The van der Waals surface area contributed by atoms with Crippen LogP contribution in [0.4, 0.5) is 0 Å². The van der Waals surface area contributed by atoms with Crippen molar-refractivity contribution in [2.24, 2.45) is 5.92 Å². The van der Waals surface area contributed by atoms with Crippen molar-refractivity contribution in [2.75, 3.05) is 6.61 Å². The number of thiazole rings is 1. The molecule has 1 aromatic rings. The third kappa shape index (κ3) is 4.38. The summed E-state index contributed by atoms with van der Waals surface area (Å²) in [5.74, 6) is 0.408. The quantitative estimate of drug-likeness (QED) is 0.832. The van der Waals surface area contributed by atoms with E-state index in [4.69, 9.17) is 5.11 Å². The molecule has 4 nitrogen and oxygen atoms in total. The highest BCUT2D eigenvalue weighted by Crippen LogP contribution is 2.21. The van der Waals surface area contributed by atoms with Crippen LogP contribution < -0.4 is 5.32 Å². The molecule has 1 rings (SSSR count). The zero-order valence-electron chi connectivity index (χ0n) is 11.5. The first-order valence-corrected chi connectivity index (χ1v) is 7.13. The predicted octanol–water partition coefficient (Wildman–Crippen LogP) is 2.15. The van der Waals surface area contributed by atoms with E-state index in [1.807, 2.05) is 13.8 Å². The Bertz CT molecular complexity index is 402. The van der Waals surface area contributed by atoms with E-state index in [2.05, 4.69) is 24.1 Å². The minimum atomic E-state index is -0.0720. The van der Waals surface area contributed by atoms with Crippen LogP contribution in [0.3, 0.4) is 0 Å². The molecule has 5 heteroatoms. The lowest BCUT2D eigenvalue weighted by molar-refractivity contribution is 0.0937. The van der Waals surface area contributed by atoms with Crippen molar-refractivity contribution in [3.63, 3.8) is 0 Å². The summed E-state index contributed by atoms with van der Waals surface area (Å²) >= 11 is 1.44. The van der Waals surface area contributed by atoms with Gasteiger partial charge in [-0.25, -0.2) is 4.98 Å². The lowest BCUT2D eigenvalue weighted by Crippen LogP contribution is -2.33. The first-order valence-electron chi connectivity index (χ1n) is 6.32. The average Bonchev–Trinajstić information content (AvgIpc) is 2.58. The number of hydrogen-bond acceptors (Lipinski definition) is 4. The standard InChI is InChI=1S/C13H22N2O2S/c1-8(2)7-11-12(18-10(4)15-11)13(17)14-9(3)5-6-16/h8-9,16H,5-7H2,1-4H3,(H,14,17). The normalized spacial score (nSPS) is 12.8. The van der Waals surface area contributed by atoms with E-state index < -0.39 is 0 Å². The molecule has 0 aromatic carbocycles. The van der Waals surface area contributed by atoms with Crippen molar-refractivity contribution in [1.29, 1.82) is 0 Å². The van der Waals surface area contributed by atoms with E-state index in [1.54, 1.807) is 0 Å². The fourth-order valence-electron chi connectivity index (χ4n) is 1.73. The van der Waals surface area contributed by atoms with Crippen LogP contribution in [-0.4, -0.2) is 28.6 Å². The molecule has 0 aliphatic rings. The Morgan fingerprint density at radius 2 is 2.11 bits per heavy atom. The van der Waals surface area contributed by atoms with Gasteiger partial charge in [0.15, 0.2) is 0 Å². The van der Waals surface area contributed by atoms with Gasteiger partial charge in [0, 0.05) is 12.6 Å². The second-order valence-corrected chi connectivity index (χ2v) is 6.20. The molecule has 1 aromatic heterocycles. The van der Waals surface area contributed by atoms with Gasteiger partial charge in [0.2, 0.25) is 0 Å². The molecule has 0 aliphatic carbocycles. The second kappa shape index (κ2) is 6.85. The monoisotopic (exact) mass is 270 g/mol. The molecule has 0 spiro atoms. The number of aromatic nitrogens is 1. The summed E-state index contributed by atoms with van der Waals surface area (Å²) in [6.45, 7) is 8.13. The fraction of sp³-hybridized carbons (Fsp3) is 0.692. The Hall–Kier alpha value is -0.940. The summed E-state index contributed by atoms with van der Waals surface area (Å²) < 4.78 is 0. The molecule has 0 saturated carbocycles. The van der Waals surface area contributed by atoms with E-state index in [0.717, 1.165) is 17.1 Å². The number of carbonyl (C=O) groups is 1. The molecule has 1 heterocycles. The number of nitrogens with one attached hydrogen (secondary N) is 1. The van der Waals surface area contributed by atoms with Gasteiger partial charge in [-0.15, -0.1) is 11.3 Å². The second-order valence-electron chi connectivity index (χ2n) is 4.99. The maximum absolute atomic E-state index is 12.1. The van der Waals surface area contributed by atoms with E-state index in [0.29, 0.717) is 17.2 Å². The first-order chi connectivity index (χ1) is 8.43. The topological polar surface area (TPSA) is 62.2 Å². The smallest absolute Gasteiger partial charge is 0.263 e. The van der Waals surface area contributed by atoms with E-state index in [1.165, 1.54) is 11.3 Å². The number of aryl methyl sites for hydroxylation is 1. The molecular weight excluding hydrogens is 248 g/mol. The number of hydrogen-bond donors (Lipinski definition) is 2. The highest BCUT2D eigenvalue weighted by atomic mass is 32.1. The summed E-state index contributed by atoms with van der Waals surface area (Å²) in [6.07, 6.45) is 1.39. The van der Waals surface area contributed by atoms with Crippen LogP contribution >= 0.6 is 11.3 Å². The van der Waals surface area contributed by atoms with Crippen LogP contribution in [0.1, 0.15) is 47.6 Å². The largest absolute Gasteiger partial charge is 0.396 e. The van der Waals surface area contributed by atoms with Crippen molar-refractivity contribution in [2.45, 2.75) is 46.6 Å². The number of rotatable bonds is 6. The van der Waals surface area contributed by atoms with Crippen molar-refractivity contribution in [1.82, 2.24) is 10.3 Å². The third-order valence-electron chi connectivity index (χ3n) is 2.55. The summed E-state index contributed by atoms with van der Waals surface area (Å²) in [5, 5.41) is 12.7. The number of carbonyl (C=O) groups excluding carboxylic acids is 1. The molecule has 1 unspecified atom stereocenters. The summed E-state index contributed by atoms with van der Waals surface area (Å²) in [4.78, 5) is 17.3. The highest BCUT2D eigenvalue weighted by Gasteiger charge is 2.18. The summed E-state index contributed by atoms with van der Waals surface area (Å²) in [6, 6.07) is -0.0168. The molecule has 0 aliphatic heterocycles. The average molecular weight is 270 g/mol. The molecule has 0 bridgehead atoms. The van der Waals surface area contributed by atoms with Crippen LogP contribution in [0.25, 0.3) is 0 Å². The Morgan fingerprint density at radius 1 is 1.44 bits per heavy atom. The van der Waals surface area contributed by atoms with Crippen molar-refractivity contribution in [3.05, 3.63) is 15.6 Å². The maximum atomic E-state index is 12.1. The van der Waals surface area contributed by atoms with Crippen LogP contribution in [0.2, 0.25) is 0 Å². The van der Waals surface area contributed by atoms with Gasteiger partial charge in [-0.3, -0.25) is 4.79 Å². The lowest BCUT2D eigenvalue weighted by Gasteiger charge is -2.12. The molecule has 0 fully saturated rings. The van der Waals surface area contributed by atoms with Gasteiger partial charge in [-0.05, 0) is 32.6 Å². The third-order valence-corrected chi connectivity index (χ3v) is 3.56. The first kappa shape index (κ1) is 15.1. The van der Waals surface area contributed by atoms with E-state index >= 15 is 0 Å². The number of amides is 1. The lowest BCUT2D eigenvalue weighted by atomic mass is 10.1. The zero-order chi connectivity index (χ0) is 13.7. The van der Waals surface area contributed by atoms with Crippen LogP contribution in [0.5, 0.6) is 0 Å². The molecule has 102 valence electrons. The minimum absolute atomic E-state index is 0.0168. The molecule has 1 atom stereocenters. The van der Waals surface area contributed by atoms with Crippen molar-refractivity contribution in [3.8, 4) is 0 Å². The number of aliphatic hydroxyl groups is 1. The Morgan fingerprint density at radius 3 is 2.67 bits per heavy atom. The Labute approximate surface area is 112 Å². The Balaban J connectivity index is 2.78. The molecular formula is C13H22N2O2S. The summed E-state index contributed by atoms with van der Waals surface area (Å²) in [5.41, 5.74) is 0.890. The van der Waals surface area contributed by atoms with Crippen molar-refractivity contribution < 1.29 is 9.90 Å². The van der Waals surface area contributed by atoms with E-state index in [9.17, 15) is 4.79 Å². The molecule has 0 saturated heterocycles. The predicted molar refractivity (Wildman–Crippen MR) is 74.0 cm³/mol. The molecule has 1 amide bonds. The number of nitrogens with zero attached hydrogens (tertiary/aromatic N) is 1. The summed E-state index contributed by atoms with van der Waals surface area (Å²) in [7, 11) is 0. The maximum Gasteiger partial charge on any atom is 0.263 e. The van der Waals surface area contributed by atoms with E-state index in [-0.39, 0.29) is 18.6 Å². The van der Waals surface area contributed by atoms with Crippen LogP contribution in [-0.2, 0) is 6.42 Å². The SMILES string of the molecule is Cc1nc(CC(C)C)c(C(=O)NC(C)CCO)s1. The van der Waals surface area contributed by atoms with Gasteiger partial charge in [-0.2, -0.15) is 0 Å². The van der Waals surface area contributed by atoms with Gasteiger partial charge in [-0.1, -0.05) is 13.8 Å². The van der Waals surface area contributed by atoms with Crippen molar-refractivity contribution >= 4 is 17.2 Å². The van der Waals surface area contributed by atoms with Gasteiger partial charge in [0.25, 0.3) is 5.91 Å². The highest BCUT2D eigenvalue weighted by molar-refractivity contribution is 7.13. The van der Waals surface area contributed by atoms with Gasteiger partial charge >= 0.3 is 0 Å². The Kier molecular flexibility index (Phi) is 5.75. The fourth-order valence-corrected chi connectivity index (χ4v) is 2.58. The van der Waals surface area contributed by atoms with Gasteiger partial charge in [0.1, 0.15) is 4.88 Å². The zero-order valence-corrected chi connectivity index (χ0v) is 12.3. The molecule has 0 radical (unpaired) electrons. The molecule has 2 N–H and O–H groups in total. The number of aliphatic hydroxyl groups excluding tert-OH is 1. The van der Waals surface area contributed by atoms with Gasteiger partial charge < -0.3 is 10.4 Å². The van der Waals surface area contributed by atoms with Crippen LogP contribution in [0.15, 0.2) is 0 Å².